The van der Waals surface area contributed by atoms with Crippen LogP contribution in [-0.2, 0) is 12.8 Å². The van der Waals surface area contributed by atoms with Crippen molar-refractivity contribution in [2.75, 3.05) is 0 Å². The first-order chi connectivity index (χ1) is 16.1. The van der Waals surface area contributed by atoms with Crippen molar-refractivity contribution < 1.29 is 19.1 Å². The molecule has 3 rings (SSSR count). The lowest BCUT2D eigenvalue weighted by Crippen LogP contribution is -2.09. The van der Waals surface area contributed by atoms with Gasteiger partial charge in [-0.2, -0.15) is 0 Å². The summed E-state index contributed by atoms with van der Waals surface area (Å²) in [5, 5.41) is 0. The molecule has 0 aliphatic carbocycles. The van der Waals surface area contributed by atoms with E-state index in [-0.39, 0.29) is 0 Å². The molecule has 0 aliphatic heterocycles. The summed E-state index contributed by atoms with van der Waals surface area (Å²) in [5.74, 6) is -0.0396. The highest BCUT2D eigenvalue weighted by Gasteiger charge is 2.11. The molecule has 4 heteroatoms. The average molecular weight is 445 g/mol. The van der Waals surface area contributed by atoms with Crippen LogP contribution in [0, 0.1) is 0 Å². The highest BCUT2D eigenvalue weighted by Crippen LogP contribution is 2.20. The Balaban J connectivity index is 1.52. The summed E-state index contributed by atoms with van der Waals surface area (Å²) in [6, 6.07) is 21.5. The Kier molecular flexibility index (Phi) is 9.25. The zero-order valence-corrected chi connectivity index (χ0v) is 19.5. The zero-order chi connectivity index (χ0) is 23.5. The van der Waals surface area contributed by atoms with Gasteiger partial charge in [-0.15, -0.1) is 0 Å². The number of carbonyl (C=O) groups excluding carboxylic acids is 2. The summed E-state index contributed by atoms with van der Waals surface area (Å²) >= 11 is 0. The topological polar surface area (TPSA) is 52.6 Å². The second-order valence-electron chi connectivity index (χ2n) is 8.20. The van der Waals surface area contributed by atoms with E-state index >= 15 is 0 Å². The number of unbranched alkanes of at least 4 members (excludes halogenated alkanes) is 3. The monoisotopic (exact) mass is 444 g/mol. The second kappa shape index (κ2) is 12.6. The lowest BCUT2D eigenvalue weighted by atomic mass is 10.1. The van der Waals surface area contributed by atoms with E-state index in [2.05, 4.69) is 13.8 Å². The van der Waals surface area contributed by atoms with Crippen molar-refractivity contribution in [2.24, 2.45) is 0 Å². The fraction of sp³-hybridized carbons (Fsp3) is 0.310. The van der Waals surface area contributed by atoms with E-state index in [4.69, 9.17) is 9.47 Å². The molecule has 0 saturated carbocycles. The van der Waals surface area contributed by atoms with Gasteiger partial charge in [-0.3, -0.25) is 0 Å². The van der Waals surface area contributed by atoms with Gasteiger partial charge in [0.2, 0.25) is 0 Å². The summed E-state index contributed by atoms with van der Waals surface area (Å²) in [4.78, 5) is 24.8. The van der Waals surface area contributed by atoms with Crippen LogP contribution in [0.5, 0.6) is 11.5 Å². The van der Waals surface area contributed by atoms with E-state index in [1.807, 2.05) is 24.3 Å². The van der Waals surface area contributed by atoms with E-state index < -0.39 is 11.9 Å². The predicted molar refractivity (Wildman–Crippen MR) is 131 cm³/mol. The molecule has 0 bridgehead atoms. The highest BCUT2D eigenvalue weighted by atomic mass is 16.5. The van der Waals surface area contributed by atoms with Gasteiger partial charge in [0, 0.05) is 0 Å². The molecular weight excluding hydrogens is 412 g/mol. The van der Waals surface area contributed by atoms with Crippen LogP contribution in [0.3, 0.4) is 0 Å². The van der Waals surface area contributed by atoms with Crippen LogP contribution in [-0.4, -0.2) is 11.9 Å². The number of hydrogen-bond acceptors (Lipinski definition) is 4. The highest BCUT2D eigenvalue weighted by molar-refractivity contribution is 5.92. The van der Waals surface area contributed by atoms with Gasteiger partial charge >= 0.3 is 11.9 Å². The molecule has 0 amide bonds. The number of carbonyl (C=O) groups is 2. The standard InChI is InChI=1S/C29H32O4/c1-3-5-7-9-23-12-16-25(17-13-23)29(31)33-27-20-18-26(19-21-27)32-28(30)24-14-10-22(11-15-24)8-6-4-2/h10-21H,3-9H2,1-2H3. The molecule has 0 N–H and O–H groups in total. The van der Waals surface area contributed by atoms with E-state index in [9.17, 15) is 9.59 Å². The minimum atomic E-state index is -0.416. The summed E-state index contributed by atoms with van der Waals surface area (Å²) < 4.78 is 10.9. The Labute approximate surface area is 196 Å². The lowest BCUT2D eigenvalue weighted by Gasteiger charge is -2.08. The molecule has 4 nitrogen and oxygen atoms in total. The minimum absolute atomic E-state index is 0.395. The fourth-order valence-electron chi connectivity index (χ4n) is 3.48. The maximum atomic E-state index is 12.4. The molecule has 0 spiro atoms. The molecule has 0 fully saturated rings. The van der Waals surface area contributed by atoms with Crippen molar-refractivity contribution in [3.63, 3.8) is 0 Å². The zero-order valence-electron chi connectivity index (χ0n) is 19.5. The molecule has 33 heavy (non-hydrogen) atoms. The van der Waals surface area contributed by atoms with Crippen LogP contribution in [0.15, 0.2) is 72.8 Å². The number of esters is 2. The number of aryl methyl sites for hydroxylation is 2. The van der Waals surface area contributed by atoms with E-state index in [1.165, 1.54) is 24.0 Å². The third kappa shape index (κ3) is 7.60. The Morgan fingerprint density at radius 1 is 0.545 bits per heavy atom. The van der Waals surface area contributed by atoms with Crippen LogP contribution in [0.1, 0.15) is 77.8 Å². The molecule has 3 aromatic carbocycles. The Bertz CT molecular complexity index is 1020. The maximum absolute atomic E-state index is 12.4. The normalized spacial score (nSPS) is 10.6. The van der Waals surface area contributed by atoms with Gasteiger partial charge in [-0.1, -0.05) is 57.4 Å². The smallest absolute Gasteiger partial charge is 0.343 e. The van der Waals surface area contributed by atoms with Crippen LogP contribution >= 0.6 is 0 Å². The molecule has 0 saturated heterocycles. The largest absolute Gasteiger partial charge is 0.423 e. The quantitative estimate of drug-likeness (QED) is 0.178. The molecular formula is C29H32O4. The first-order valence-corrected chi connectivity index (χ1v) is 11.8. The fourth-order valence-corrected chi connectivity index (χ4v) is 3.48. The molecule has 0 radical (unpaired) electrons. The van der Waals surface area contributed by atoms with Crippen LogP contribution < -0.4 is 9.47 Å². The summed E-state index contributed by atoms with van der Waals surface area (Å²) in [7, 11) is 0. The van der Waals surface area contributed by atoms with Gasteiger partial charge in [0.25, 0.3) is 0 Å². The van der Waals surface area contributed by atoms with Gasteiger partial charge in [-0.05, 0) is 85.3 Å². The summed E-state index contributed by atoms with van der Waals surface area (Å²) in [6.07, 6.45) is 7.85. The van der Waals surface area contributed by atoms with Crippen LogP contribution in [0.4, 0.5) is 0 Å². The van der Waals surface area contributed by atoms with Crippen LogP contribution in [0.2, 0.25) is 0 Å². The van der Waals surface area contributed by atoms with Gasteiger partial charge in [-0.25, -0.2) is 9.59 Å². The molecule has 172 valence electrons. The van der Waals surface area contributed by atoms with Gasteiger partial charge in [0.1, 0.15) is 11.5 Å². The molecule has 0 atom stereocenters. The van der Waals surface area contributed by atoms with Crippen molar-refractivity contribution in [3.8, 4) is 11.5 Å². The number of ether oxygens (including phenoxy) is 2. The van der Waals surface area contributed by atoms with E-state index in [0.717, 1.165) is 32.1 Å². The maximum Gasteiger partial charge on any atom is 0.343 e. The minimum Gasteiger partial charge on any atom is -0.423 e. The van der Waals surface area contributed by atoms with Crippen molar-refractivity contribution in [1.82, 2.24) is 0 Å². The van der Waals surface area contributed by atoms with Crippen molar-refractivity contribution in [3.05, 3.63) is 95.1 Å². The SMILES string of the molecule is CCCCCc1ccc(C(=O)Oc2ccc(OC(=O)c3ccc(CCCC)cc3)cc2)cc1. The third-order valence-electron chi connectivity index (χ3n) is 5.51. The second-order valence-corrected chi connectivity index (χ2v) is 8.20. The van der Waals surface area contributed by atoms with Gasteiger partial charge < -0.3 is 9.47 Å². The molecule has 0 unspecified atom stereocenters. The van der Waals surface area contributed by atoms with Gasteiger partial charge in [0.05, 0.1) is 11.1 Å². The lowest BCUT2D eigenvalue weighted by molar-refractivity contribution is 0.0719. The Morgan fingerprint density at radius 2 is 0.939 bits per heavy atom. The van der Waals surface area contributed by atoms with Crippen LogP contribution in [0.25, 0.3) is 0 Å². The van der Waals surface area contributed by atoms with Gasteiger partial charge in [0.15, 0.2) is 0 Å². The van der Waals surface area contributed by atoms with E-state index in [0.29, 0.717) is 22.6 Å². The molecule has 0 aromatic heterocycles. The number of rotatable bonds is 11. The van der Waals surface area contributed by atoms with E-state index in [1.54, 1.807) is 48.5 Å². The Morgan fingerprint density at radius 3 is 1.33 bits per heavy atom. The Hall–Kier alpha value is -3.40. The first kappa shape index (κ1) is 24.2. The number of benzene rings is 3. The molecule has 0 aliphatic rings. The molecule has 0 heterocycles. The van der Waals surface area contributed by atoms with Crippen molar-refractivity contribution in [1.29, 1.82) is 0 Å². The number of hydrogen-bond donors (Lipinski definition) is 0. The molecule has 3 aromatic rings. The third-order valence-corrected chi connectivity index (χ3v) is 5.51. The first-order valence-electron chi connectivity index (χ1n) is 11.8. The average Bonchev–Trinajstić information content (AvgIpc) is 2.85. The van der Waals surface area contributed by atoms with Crippen molar-refractivity contribution >= 4 is 11.9 Å². The summed E-state index contributed by atoms with van der Waals surface area (Å²) in [5.41, 5.74) is 3.45. The van der Waals surface area contributed by atoms with Crippen molar-refractivity contribution in [2.45, 2.75) is 58.8 Å². The summed E-state index contributed by atoms with van der Waals surface area (Å²) in [6.45, 7) is 4.34. The predicted octanol–water partition coefficient (Wildman–Crippen LogP) is 7.20.